The second kappa shape index (κ2) is 8.31. The van der Waals surface area contributed by atoms with Crippen LogP contribution in [0, 0.1) is 0 Å². The Balaban J connectivity index is 2.44. The molecule has 0 aliphatic carbocycles. The number of hydrogen-bond donors (Lipinski definition) is 0. The molecule has 0 unspecified atom stereocenters. The average Bonchev–Trinajstić information content (AvgIpc) is 3.12. The highest BCUT2D eigenvalue weighted by Gasteiger charge is 2.20. The quantitative estimate of drug-likeness (QED) is 0.328. The summed E-state index contributed by atoms with van der Waals surface area (Å²) in [5.41, 5.74) is 0.188. The zero-order valence-corrected chi connectivity index (χ0v) is 14.5. The average molecular weight is 346 g/mol. The molecule has 0 aliphatic heterocycles. The minimum absolute atomic E-state index is 0.124. The SMILES string of the molecule is CCC(=O)Oc1cc(OC)cc(OC)c1C(=O)/C=C/c1cccs1. The van der Waals surface area contributed by atoms with Crippen molar-refractivity contribution < 1.29 is 23.8 Å². The van der Waals surface area contributed by atoms with Crippen LogP contribution in [0.25, 0.3) is 6.08 Å². The number of allylic oxidation sites excluding steroid dienone is 1. The first kappa shape index (κ1) is 17.7. The molecule has 1 aromatic carbocycles. The van der Waals surface area contributed by atoms with Gasteiger partial charge in [0.1, 0.15) is 22.8 Å². The number of methoxy groups -OCH3 is 2. The number of esters is 1. The van der Waals surface area contributed by atoms with E-state index in [1.54, 1.807) is 19.1 Å². The van der Waals surface area contributed by atoms with E-state index in [2.05, 4.69) is 0 Å². The fraction of sp³-hybridized carbons (Fsp3) is 0.222. The smallest absolute Gasteiger partial charge is 0.310 e. The molecule has 0 N–H and O–H groups in total. The number of rotatable bonds is 7. The Hall–Kier alpha value is -2.60. The van der Waals surface area contributed by atoms with Gasteiger partial charge in [-0.05, 0) is 23.6 Å². The maximum Gasteiger partial charge on any atom is 0.310 e. The van der Waals surface area contributed by atoms with Crippen LogP contribution in [-0.4, -0.2) is 26.0 Å². The maximum absolute atomic E-state index is 12.6. The molecule has 2 rings (SSSR count). The number of carbonyl (C=O) groups excluding carboxylic acids is 2. The van der Waals surface area contributed by atoms with Crippen molar-refractivity contribution in [1.29, 1.82) is 0 Å². The zero-order valence-electron chi connectivity index (χ0n) is 13.7. The summed E-state index contributed by atoms with van der Waals surface area (Å²) in [6.45, 7) is 1.68. The predicted molar refractivity (Wildman–Crippen MR) is 93.2 cm³/mol. The molecule has 2 aromatic rings. The van der Waals surface area contributed by atoms with E-state index in [-0.39, 0.29) is 29.3 Å². The Morgan fingerprint density at radius 3 is 2.50 bits per heavy atom. The highest BCUT2D eigenvalue weighted by molar-refractivity contribution is 7.10. The molecule has 0 bridgehead atoms. The third-order valence-corrected chi connectivity index (χ3v) is 4.03. The van der Waals surface area contributed by atoms with Crippen LogP contribution >= 0.6 is 11.3 Å². The van der Waals surface area contributed by atoms with Gasteiger partial charge in [-0.3, -0.25) is 9.59 Å². The number of thiophene rings is 1. The fourth-order valence-corrected chi connectivity index (χ4v) is 2.61. The van der Waals surface area contributed by atoms with Crippen molar-refractivity contribution in [3.8, 4) is 17.2 Å². The topological polar surface area (TPSA) is 61.8 Å². The minimum atomic E-state index is -0.443. The first-order valence-electron chi connectivity index (χ1n) is 7.31. The van der Waals surface area contributed by atoms with Crippen LogP contribution in [0.15, 0.2) is 35.7 Å². The second-order valence-electron chi connectivity index (χ2n) is 4.74. The lowest BCUT2D eigenvalue weighted by molar-refractivity contribution is -0.134. The molecule has 0 saturated carbocycles. The first-order chi connectivity index (χ1) is 11.6. The van der Waals surface area contributed by atoms with Gasteiger partial charge in [-0.25, -0.2) is 0 Å². The summed E-state index contributed by atoms with van der Waals surface area (Å²) in [6.07, 6.45) is 3.33. The van der Waals surface area contributed by atoms with Gasteiger partial charge in [-0.2, -0.15) is 0 Å². The molecule has 5 nitrogen and oxygen atoms in total. The lowest BCUT2D eigenvalue weighted by Gasteiger charge is -2.13. The van der Waals surface area contributed by atoms with Crippen molar-refractivity contribution in [2.45, 2.75) is 13.3 Å². The maximum atomic E-state index is 12.6. The molecule has 0 aliphatic rings. The Morgan fingerprint density at radius 2 is 1.92 bits per heavy atom. The molecule has 1 heterocycles. The first-order valence-corrected chi connectivity index (χ1v) is 8.19. The largest absolute Gasteiger partial charge is 0.496 e. The predicted octanol–water partition coefficient (Wildman–Crippen LogP) is 3.98. The molecule has 24 heavy (non-hydrogen) atoms. The van der Waals surface area contributed by atoms with Crippen LogP contribution in [-0.2, 0) is 4.79 Å². The van der Waals surface area contributed by atoms with Gasteiger partial charge in [0, 0.05) is 23.4 Å². The van der Waals surface area contributed by atoms with Crippen LogP contribution < -0.4 is 14.2 Å². The highest BCUT2D eigenvalue weighted by Crippen LogP contribution is 2.35. The van der Waals surface area contributed by atoms with Gasteiger partial charge in [0.25, 0.3) is 0 Å². The summed E-state index contributed by atoms with van der Waals surface area (Å²) in [5, 5.41) is 1.92. The van der Waals surface area contributed by atoms with Gasteiger partial charge in [-0.1, -0.05) is 13.0 Å². The molecule has 1 aromatic heterocycles. The van der Waals surface area contributed by atoms with E-state index >= 15 is 0 Å². The number of ether oxygens (including phenoxy) is 3. The Kier molecular flexibility index (Phi) is 6.14. The van der Waals surface area contributed by atoms with Gasteiger partial charge < -0.3 is 14.2 Å². The molecule has 126 valence electrons. The van der Waals surface area contributed by atoms with Crippen molar-refractivity contribution >= 4 is 29.2 Å². The van der Waals surface area contributed by atoms with Crippen molar-refractivity contribution in [3.05, 3.63) is 46.2 Å². The van der Waals surface area contributed by atoms with Crippen molar-refractivity contribution in [2.24, 2.45) is 0 Å². The normalized spacial score (nSPS) is 10.6. The van der Waals surface area contributed by atoms with Crippen LogP contribution in [0.4, 0.5) is 0 Å². The van der Waals surface area contributed by atoms with Crippen LogP contribution in [0.2, 0.25) is 0 Å². The number of ketones is 1. The number of hydrogen-bond acceptors (Lipinski definition) is 6. The fourth-order valence-electron chi connectivity index (χ4n) is 1.99. The van der Waals surface area contributed by atoms with E-state index in [4.69, 9.17) is 14.2 Å². The van der Waals surface area contributed by atoms with E-state index < -0.39 is 5.97 Å². The van der Waals surface area contributed by atoms with Crippen molar-refractivity contribution in [3.63, 3.8) is 0 Å². The third kappa shape index (κ3) is 4.23. The van der Waals surface area contributed by atoms with E-state index in [0.29, 0.717) is 5.75 Å². The lowest BCUT2D eigenvalue weighted by Crippen LogP contribution is -2.10. The minimum Gasteiger partial charge on any atom is -0.496 e. The Bertz CT molecular complexity index is 747. The summed E-state index contributed by atoms with van der Waals surface area (Å²) >= 11 is 1.52. The van der Waals surface area contributed by atoms with Crippen molar-refractivity contribution in [2.75, 3.05) is 14.2 Å². The zero-order chi connectivity index (χ0) is 17.5. The van der Waals surface area contributed by atoms with Gasteiger partial charge in [0.2, 0.25) is 0 Å². The molecule has 0 amide bonds. The van der Waals surface area contributed by atoms with Crippen LogP contribution in [0.1, 0.15) is 28.6 Å². The Labute approximate surface area is 144 Å². The second-order valence-corrected chi connectivity index (χ2v) is 5.72. The third-order valence-electron chi connectivity index (χ3n) is 3.20. The summed E-state index contributed by atoms with van der Waals surface area (Å²) < 4.78 is 15.7. The van der Waals surface area contributed by atoms with E-state index in [1.807, 2.05) is 17.5 Å². The molecule has 0 saturated heterocycles. The van der Waals surface area contributed by atoms with E-state index in [0.717, 1.165) is 4.88 Å². The van der Waals surface area contributed by atoms with E-state index in [1.165, 1.54) is 37.7 Å². The van der Waals surface area contributed by atoms with Crippen LogP contribution in [0.5, 0.6) is 17.2 Å². The summed E-state index contributed by atoms with van der Waals surface area (Å²) in [7, 11) is 2.93. The molecule has 0 fully saturated rings. The Morgan fingerprint density at radius 1 is 1.17 bits per heavy atom. The van der Waals surface area contributed by atoms with Gasteiger partial charge >= 0.3 is 5.97 Å². The molecule has 0 spiro atoms. The van der Waals surface area contributed by atoms with Crippen LogP contribution in [0.3, 0.4) is 0 Å². The van der Waals surface area contributed by atoms with Gasteiger partial charge in [0.05, 0.1) is 14.2 Å². The molecular weight excluding hydrogens is 328 g/mol. The van der Waals surface area contributed by atoms with Gasteiger partial charge in [0.15, 0.2) is 5.78 Å². The summed E-state index contributed by atoms with van der Waals surface area (Å²) in [4.78, 5) is 25.2. The van der Waals surface area contributed by atoms with E-state index in [9.17, 15) is 9.59 Å². The standard InChI is InChI=1S/C18H18O5S/c1-4-17(20)23-16-11-12(21-2)10-15(22-3)18(16)14(19)8-7-13-6-5-9-24-13/h5-11H,4H2,1-3H3/b8-7+. The molecule has 0 atom stereocenters. The lowest BCUT2D eigenvalue weighted by atomic mass is 10.1. The summed E-state index contributed by atoms with van der Waals surface area (Å²) in [5.74, 6) is 0.0842. The molecular formula is C18H18O5S. The summed E-state index contributed by atoms with van der Waals surface area (Å²) in [6, 6.07) is 6.88. The highest BCUT2D eigenvalue weighted by atomic mass is 32.1. The number of benzene rings is 1. The monoisotopic (exact) mass is 346 g/mol. The molecule has 0 radical (unpaired) electrons. The molecule has 6 heteroatoms. The number of carbonyl (C=O) groups is 2. The van der Waals surface area contributed by atoms with Crippen molar-refractivity contribution in [1.82, 2.24) is 0 Å². The van der Waals surface area contributed by atoms with Gasteiger partial charge in [-0.15, -0.1) is 11.3 Å².